The number of hydrogen-bond donors (Lipinski definition) is 1. The smallest absolute Gasteiger partial charge is 0.328 e. The van der Waals surface area contributed by atoms with Crippen LogP contribution in [0, 0.1) is 0 Å². The van der Waals surface area contributed by atoms with Crippen molar-refractivity contribution in [3.63, 3.8) is 0 Å². The summed E-state index contributed by atoms with van der Waals surface area (Å²) in [4.78, 5) is 9.74. The van der Waals surface area contributed by atoms with Gasteiger partial charge in [-0.1, -0.05) is 6.08 Å². The Kier molecular flexibility index (Phi) is 10.6. The number of carbonyl (C=O) groups is 1. The molecule has 0 atom stereocenters. The van der Waals surface area contributed by atoms with Gasteiger partial charge in [-0.25, -0.2) is 9.36 Å². The third kappa shape index (κ3) is 10.6. The molecule has 0 spiro atoms. The second-order valence-corrected chi connectivity index (χ2v) is 1.52. The lowest BCUT2D eigenvalue weighted by Gasteiger charge is -1.80. The predicted molar refractivity (Wildman–Crippen MR) is 40.7 cm³/mol. The Morgan fingerprint density at radius 2 is 2.30 bits per heavy atom. The molecule has 0 aliphatic carbocycles. The minimum Gasteiger partial charge on any atom is -0.478 e. The molecule has 0 radical (unpaired) electrons. The lowest BCUT2D eigenvalue weighted by molar-refractivity contribution is -0.131. The Labute approximate surface area is 66.6 Å². The molecular weight excluding hydrogens is 175 g/mol. The summed E-state index contributed by atoms with van der Waals surface area (Å²) in [7, 11) is -0.437. The quantitative estimate of drug-likeness (QED) is 0.399. The van der Waals surface area contributed by atoms with E-state index in [1.54, 1.807) is 0 Å². The summed E-state index contributed by atoms with van der Waals surface area (Å²) in [5, 5.41) is 7.99. The van der Waals surface area contributed by atoms with Gasteiger partial charge in [0.05, 0.1) is 6.61 Å². The summed E-state index contributed by atoms with van der Waals surface area (Å²) in [5.74, 6) is -1.04. The highest BCUT2D eigenvalue weighted by molar-refractivity contribution is 7.59. The number of carboxylic acid groups (broad SMARTS) is 1. The molecule has 0 amide bonds. The molecular formula is C4H7O4PS. The average Bonchev–Trinajstić information content (AvgIpc) is 1.80. The molecule has 6 heteroatoms. The lowest BCUT2D eigenvalue weighted by atomic mass is 10.5. The van der Waals surface area contributed by atoms with Crippen LogP contribution in [0.4, 0.5) is 0 Å². The first kappa shape index (κ1) is 12.3. The fourth-order valence-electron chi connectivity index (χ4n) is 0.222. The van der Waals surface area contributed by atoms with Crippen LogP contribution in [0.25, 0.3) is 0 Å². The molecule has 1 N–H and O–H groups in total. The van der Waals surface area contributed by atoms with E-state index in [9.17, 15) is 9.36 Å². The first-order chi connectivity index (χ1) is 4.27. The van der Waals surface area contributed by atoms with E-state index in [1.165, 1.54) is 6.08 Å². The molecule has 0 unspecified atom stereocenters. The van der Waals surface area contributed by atoms with E-state index >= 15 is 0 Å². The van der Waals surface area contributed by atoms with E-state index in [1.807, 2.05) is 0 Å². The van der Waals surface area contributed by atoms with Gasteiger partial charge in [0.15, 0.2) is 0 Å². The van der Waals surface area contributed by atoms with E-state index in [0.717, 1.165) is 6.08 Å². The molecule has 0 fully saturated rings. The molecule has 0 aliphatic heterocycles. The van der Waals surface area contributed by atoms with Gasteiger partial charge in [-0.3, -0.25) is 4.52 Å². The second-order valence-electron chi connectivity index (χ2n) is 1.11. The van der Waals surface area contributed by atoms with E-state index in [2.05, 4.69) is 4.52 Å². The first-order valence-electron chi connectivity index (χ1n) is 2.11. The topological polar surface area (TPSA) is 63.6 Å². The van der Waals surface area contributed by atoms with Crippen LogP contribution in [0.1, 0.15) is 0 Å². The van der Waals surface area contributed by atoms with Crippen LogP contribution >= 0.6 is 22.2 Å². The molecule has 0 aromatic carbocycles. The third-order valence-electron chi connectivity index (χ3n) is 0.484. The lowest BCUT2D eigenvalue weighted by Crippen LogP contribution is -1.87. The SMILES string of the molecule is O=POCC=CC(=O)O.S. The van der Waals surface area contributed by atoms with Gasteiger partial charge in [-0.2, -0.15) is 13.5 Å². The van der Waals surface area contributed by atoms with Crippen LogP contribution in [0.2, 0.25) is 0 Å². The molecule has 0 heterocycles. The van der Waals surface area contributed by atoms with Gasteiger partial charge in [-0.05, 0) is 0 Å². The molecule has 0 aliphatic rings. The number of aliphatic carboxylic acids is 1. The predicted octanol–water partition coefficient (Wildman–Crippen LogP) is 0.963. The van der Waals surface area contributed by atoms with Crippen LogP contribution < -0.4 is 0 Å². The molecule has 0 rings (SSSR count). The van der Waals surface area contributed by atoms with Crippen molar-refractivity contribution in [3.05, 3.63) is 12.2 Å². The maximum atomic E-state index is 9.74. The Bertz CT molecular complexity index is 135. The van der Waals surface area contributed by atoms with Gasteiger partial charge in [0, 0.05) is 6.08 Å². The fraction of sp³-hybridized carbons (Fsp3) is 0.250. The highest BCUT2D eigenvalue weighted by Crippen LogP contribution is 1.92. The van der Waals surface area contributed by atoms with Gasteiger partial charge in [0.25, 0.3) is 0 Å². The summed E-state index contributed by atoms with van der Waals surface area (Å²) in [5.41, 5.74) is 0. The molecule has 58 valence electrons. The summed E-state index contributed by atoms with van der Waals surface area (Å²) in [6.45, 7) is 0.0529. The highest BCUT2D eigenvalue weighted by Gasteiger charge is 1.83. The molecule has 0 saturated carbocycles. The van der Waals surface area contributed by atoms with Gasteiger partial charge in [0.1, 0.15) is 0 Å². The monoisotopic (exact) mass is 182 g/mol. The number of carboxylic acids is 1. The van der Waals surface area contributed by atoms with E-state index in [-0.39, 0.29) is 20.1 Å². The van der Waals surface area contributed by atoms with Gasteiger partial charge >= 0.3 is 14.7 Å². The summed E-state index contributed by atoms with van der Waals surface area (Å²) < 4.78 is 13.8. The van der Waals surface area contributed by atoms with Crippen molar-refractivity contribution in [3.8, 4) is 0 Å². The molecule has 0 bridgehead atoms. The van der Waals surface area contributed by atoms with Crippen LogP contribution in [0.3, 0.4) is 0 Å². The average molecular weight is 182 g/mol. The Morgan fingerprint density at radius 3 is 2.70 bits per heavy atom. The van der Waals surface area contributed by atoms with Crippen molar-refractivity contribution in [1.82, 2.24) is 0 Å². The van der Waals surface area contributed by atoms with E-state index in [4.69, 9.17) is 5.11 Å². The molecule has 0 aromatic heterocycles. The number of rotatable bonds is 4. The largest absolute Gasteiger partial charge is 0.478 e. The van der Waals surface area contributed by atoms with Crippen molar-refractivity contribution in [2.75, 3.05) is 6.61 Å². The van der Waals surface area contributed by atoms with Gasteiger partial charge in [0.2, 0.25) is 0 Å². The number of hydrogen-bond acceptors (Lipinski definition) is 3. The normalized spacial score (nSPS) is 9.60. The molecule has 0 aromatic rings. The van der Waals surface area contributed by atoms with Gasteiger partial charge < -0.3 is 5.11 Å². The minimum absolute atomic E-state index is 0. The first-order valence-corrected chi connectivity index (χ1v) is 2.84. The van der Waals surface area contributed by atoms with Crippen LogP contribution in [0.5, 0.6) is 0 Å². The van der Waals surface area contributed by atoms with Crippen LogP contribution in [-0.2, 0) is 13.9 Å². The van der Waals surface area contributed by atoms with E-state index < -0.39 is 14.7 Å². The zero-order valence-corrected chi connectivity index (χ0v) is 6.88. The zero-order chi connectivity index (χ0) is 7.11. The van der Waals surface area contributed by atoms with Crippen molar-refractivity contribution in [1.29, 1.82) is 0 Å². The van der Waals surface area contributed by atoms with Crippen molar-refractivity contribution in [2.24, 2.45) is 0 Å². The van der Waals surface area contributed by atoms with Crippen molar-refractivity contribution in [2.45, 2.75) is 0 Å². The van der Waals surface area contributed by atoms with Crippen molar-refractivity contribution < 1.29 is 19.0 Å². The third-order valence-corrected chi connectivity index (χ3v) is 0.738. The van der Waals surface area contributed by atoms with Gasteiger partial charge in [-0.15, -0.1) is 0 Å². The Morgan fingerprint density at radius 1 is 1.70 bits per heavy atom. The molecule has 10 heavy (non-hydrogen) atoms. The highest BCUT2D eigenvalue weighted by atomic mass is 32.1. The van der Waals surface area contributed by atoms with E-state index in [0.29, 0.717) is 0 Å². The Balaban J connectivity index is 0. The van der Waals surface area contributed by atoms with Crippen LogP contribution in [0.15, 0.2) is 12.2 Å². The maximum absolute atomic E-state index is 9.74. The maximum Gasteiger partial charge on any atom is 0.328 e. The van der Waals surface area contributed by atoms with Crippen LogP contribution in [-0.4, -0.2) is 17.7 Å². The second kappa shape index (κ2) is 8.62. The molecule has 4 nitrogen and oxygen atoms in total. The van der Waals surface area contributed by atoms with Crippen molar-refractivity contribution >= 4 is 28.2 Å². The zero-order valence-electron chi connectivity index (χ0n) is 4.98. The summed E-state index contributed by atoms with van der Waals surface area (Å²) in [6, 6.07) is 0. The fourth-order valence-corrected chi connectivity index (χ4v) is 0.369. The summed E-state index contributed by atoms with van der Waals surface area (Å²) >= 11 is 0. The molecule has 0 saturated heterocycles. The Hall–Kier alpha value is -0.380. The summed E-state index contributed by atoms with van der Waals surface area (Å²) in [6.07, 6.45) is 2.18. The standard InChI is InChI=1S/C4H5O4P.H2S/c5-4(6)2-1-3-8-9-7;/h1-2H,3H2,(H,5,6);1H2. The minimum atomic E-state index is -1.04.